The molecule has 42 heavy (non-hydrogen) atoms. The summed E-state index contributed by atoms with van der Waals surface area (Å²) in [7, 11) is 0. The molecule has 0 radical (unpaired) electrons. The van der Waals surface area contributed by atoms with Crippen LogP contribution in [0.1, 0.15) is 94.9 Å². The van der Waals surface area contributed by atoms with Crippen LogP contribution in [0.25, 0.3) is 0 Å². The number of hydrogen-bond acceptors (Lipinski definition) is 2. The second-order valence-corrected chi connectivity index (χ2v) is 13.3. The lowest BCUT2D eigenvalue weighted by atomic mass is 9.71. The molecular weight excluding hydrogens is 512 g/mol. The summed E-state index contributed by atoms with van der Waals surface area (Å²) < 4.78 is 0. The molecule has 2 nitrogen and oxygen atoms in total. The Morgan fingerprint density at radius 1 is 0.667 bits per heavy atom. The molecule has 0 unspecified atom stereocenters. The van der Waals surface area contributed by atoms with Crippen LogP contribution in [0.5, 0.6) is 0 Å². The molecule has 0 aromatic heterocycles. The maximum absolute atomic E-state index is 12.2. The fourth-order valence-corrected chi connectivity index (χ4v) is 5.45. The van der Waals surface area contributed by atoms with Crippen LogP contribution in [0, 0.1) is 10.8 Å². The molecule has 2 aliphatic carbocycles. The summed E-state index contributed by atoms with van der Waals surface area (Å²) in [5.41, 5.74) is 9.24. The number of aliphatic hydroxyl groups is 1. The Balaban J connectivity index is 1.92. The maximum atomic E-state index is 12.2. The molecule has 0 spiro atoms. The minimum Gasteiger partial charge on any atom is -0.389 e. The molecule has 2 rings (SSSR count). The molecule has 0 fully saturated rings. The van der Waals surface area contributed by atoms with Gasteiger partial charge >= 0.3 is 0 Å². The van der Waals surface area contributed by atoms with Crippen molar-refractivity contribution >= 4 is 5.78 Å². The Bertz CT molecular complexity index is 1330. The normalized spacial score (nSPS) is 23.3. The van der Waals surface area contributed by atoms with Gasteiger partial charge in [0.25, 0.3) is 0 Å². The van der Waals surface area contributed by atoms with Crippen molar-refractivity contribution in [2.75, 3.05) is 0 Å². The third-order valence-corrected chi connectivity index (χ3v) is 8.52. The van der Waals surface area contributed by atoms with Gasteiger partial charge in [-0.1, -0.05) is 135 Å². The minimum atomic E-state index is -0.318. The predicted octanol–water partition coefficient (Wildman–Crippen LogP) is 10.8. The van der Waals surface area contributed by atoms with Crippen molar-refractivity contribution in [1.82, 2.24) is 0 Å². The predicted molar refractivity (Wildman–Crippen MR) is 183 cm³/mol. The van der Waals surface area contributed by atoms with Crippen LogP contribution in [0.3, 0.4) is 0 Å². The van der Waals surface area contributed by atoms with Crippen LogP contribution in [-0.2, 0) is 4.79 Å². The molecule has 0 saturated heterocycles. The highest BCUT2D eigenvalue weighted by Crippen LogP contribution is 2.41. The summed E-state index contributed by atoms with van der Waals surface area (Å²) in [5, 5.41) is 10.3. The minimum absolute atomic E-state index is 0.0428. The second-order valence-electron chi connectivity index (χ2n) is 13.3. The number of carbonyl (C=O) groups is 1. The molecule has 2 aliphatic rings. The third-order valence-electron chi connectivity index (χ3n) is 8.52. The van der Waals surface area contributed by atoms with E-state index < -0.39 is 0 Å². The first-order valence-electron chi connectivity index (χ1n) is 15.4. The van der Waals surface area contributed by atoms with Crippen LogP contribution in [-0.4, -0.2) is 17.0 Å². The first kappa shape index (κ1) is 35.0. The fourth-order valence-electron chi connectivity index (χ4n) is 5.45. The van der Waals surface area contributed by atoms with E-state index in [-0.39, 0.29) is 22.7 Å². The van der Waals surface area contributed by atoms with E-state index in [9.17, 15) is 9.90 Å². The molecule has 2 heteroatoms. The summed E-state index contributed by atoms with van der Waals surface area (Å²) in [4.78, 5) is 12.2. The number of hydrogen-bond donors (Lipinski definition) is 1. The van der Waals surface area contributed by atoms with Gasteiger partial charge in [-0.25, -0.2) is 0 Å². The van der Waals surface area contributed by atoms with Crippen molar-refractivity contribution in [2.45, 2.75) is 101 Å². The lowest BCUT2D eigenvalue weighted by molar-refractivity contribution is -0.116. The van der Waals surface area contributed by atoms with Crippen molar-refractivity contribution in [1.29, 1.82) is 0 Å². The van der Waals surface area contributed by atoms with Crippen LogP contribution < -0.4 is 0 Å². The van der Waals surface area contributed by atoms with Crippen LogP contribution in [0.2, 0.25) is 0 Å². The van der Waals surface area contributed by atoms with Crippen molar-refractivity contribution in [3.63, 3.8) is 0 Å². The molecule has 0 aromatic carbocycles. The smallest absolute Gasteiger partial charge is 0.158 e. The summed E-state index contributed by atoms with van der Waals surface area (Å²) in [5.74, 6) is 0.273. The number of Topliss-reactive ketones (excluding diaryl/α,β-unsaturated/α-hetero) is 1. The summed E-state index contributed by atoms with van der Waals surface area (Å²) in [6, 6.07) is 0. The monoisotopic (exact) mass is 566 g/mol. The number of ketones is 1. The third kappa shape index (κ3) is 10.9. The number of rotatable bonds is 10. The summed E-state index contributed by atoms with van der Waals surface area (Å²) >= 11 is 0. The molecule has 0 saturated carbocycles. The largest absolute Gasteiger partial charge is 0.389 e. The van der Waals surface area contributed by atoms with E-state index in [1.165, 1.54) is 22.3 Å². The van der Waals surface area contributed by atoms with Gasteiger partial charge in [0.05, 0.1) is 6.10 Å². The maximum Gasteiger partial charge on any atom is 0.158 e. The van der Waals surface area contributed by atoms with Crippen LogP contribution in [0.15, 0.2) is 130 Å². The Hall–Kier alpha value is -3.23. The Kier molecular flexibility index (Phi) is 13.2. The van der Waals surface area contributed by atoms with Gasteiger partial charge < -0.3 is 5.11 Å². The van der Waals surface area contributed by atoms with Gasteiger partial charge in [0.15, 0.2) is 5.78 Å². The number of aliphatic hydroxyl groups excluding tert-OH is 1. The average Bonchev–Trinajstić information content (AvgIpc) is 2.91. The van der Waals surface area contributed by atoms with Gasteiger partial charge in [0.1, 0.15) is 0 Å². The average molecular weight is 567 g/mol. The molecule has 1 N–H and O–H groups in total. The van der Waals surface area contributed by atoms with E-state index in [2.05, 4.69) is 147 Å². The standard InChI is InChI=1S/C40H54O2/c1-29(17-13-19-31(3)21-23-35-33(5)37(41)25-27-39(35,7)8)15-11-12-16-30(2)18-14-20-32(4)22-24-36-34(6)38(42)26-28-40(36,9)10/h11-24,37,41H,25-28H2,1-10H3/b12-11+,17-13+,18-14+,23-21-,24-22+,29-15-,30-16+,31-19+,32-20+/t37-/m1/s1. The second kappa shape index (κ2) is 15.8. The first-order valence-corrected chi connectivity index (χ1v) is 15.4. The zero-order valence-electron chi connectivity index (χ0n) is 27.8. The van der Waals surface area contributed by atoms with Crippen molar-refractivity contribution < 1.29 is 9.90 Å². The Labute approximate surface area is 256 Å². The van der Waals surface area contributed by atoms with Gasteiger partial charge in [-0.2, -0.15) is 0 Å². The van der Waals surface area contributed by atoms with E-state index >= 15 is 0 Å². The molecule has 0 heterocycles. The molecular formula is C40H54O2. The zero-order chi connectivity index (χ0) is 31.5. The van der Waals surface area contributed by atoms with Crippen molar-refractivity contribution in [2.24, 2.45) is 10.8 Å². The van der Waals surface area contributed by atoms with Gasteiger partial charge in [0, 0.05) is 6.42 Å². The van der Waals surface area contributed by atoms with Crippen LogP contribution in [0.4, 0.5) is 0 Å². The Morgan fingerprint density at radius 2 is 1.10 bits per heavy atom. The van der Waals surface area contributed by atoms with Gasteiger partial charge in [-0.15, -0.1) is 0 Å². The van der Waals surface area contributed by atoms with Crippen molar-refractivity contribution in [3.8, 4) is 0 Å². The van der Waals surface area contributed by atoms with Gasteiger partial charge in [-0.05, 0) is 93.9 Å². The molecule has 0 aromatic rings. The first-order chi connectivity index (χ1) is 19.6. The molecule has 1 atom stereocenters. The van der Waals surface area contributed by atoms with E-state index in [0.717, 1.165) is 41.6 Å². The van der Waals surface area contributed by atoms with E-state index in [1.807, 2.05) is 6.92 Å². The molecule has 0 bridgehead atoms. The zero-order valence-corrected chi connectivity index (χ0v) is 27.8. The number of allylic oxidation sites excluding steroid dienone is 21. The quantitative estimate of drug-likeness (QED) is 0.267. The molecule has 0 amide bonds. The number of carbonyl (C=O) groups excluding carboxylic acids is 1. The van der Waals surface area contributed by atoms with E-state index in [0.29, 0.717) is 6.42 Å². The highest BCUT2D eigenvalue weighted by molar-refractivity contribution is 5.97. The van der Waals surface area contributed by atoms with Crippen LogP contribution >= 0.6 is 0 Å². The fraction of sp³-hybridized carbons (Fsp3) is 0.425. The van der Waals surface area contributed by atoms with E-state index in [1.54, 1.807) is 0 Å². The highest BCUT2D eigenvalue weighted by Gasteiger charge is 2.31. The highest BCUT2D eigenvalue weighted by atomic mass is 16.3. The van der Waals surface area contributed by atoms with Gasteiger partial charge in [-0.3, -0.25) is 4.79 Å². The topological polar surface area (TPSA) is 37.3 Å². The SMILES string of the molecule is CC1=C(/C=C/C(C)=C/C=C/C(C)=C/C=C/C=C(C)\C=C\C=C(C)\C=C/C2=C(C)[C@H](O)CCC2(C)C)C(C)(C)CCC1=O. The summed E-state index contributed by atoms with van der Waals surface area (Å²) in [6.07, 6.45) is 32.6. The molecule has 226 valence electrons. The molecule has 0 aliphatic heterocycles. The lowest BCUT2D eigenvalue weighted by Crippen LogP contribution is -2.27. The van der Waals surface area contributed by atoms with E-state index in [4.69, 9.17) is 0 Å². The Morgan fingerprint density at radius 3 is 1.62 bits per heavy atom. The summed E-state index contributed by atoms with van der Waals surface area (Å²) in [6.45, 7) is 21.4. The van der Waals surface area contributed by atoms with Gasteiger partial charge in [0.2, 0.25) is 0 Å². The van der Waals surface area contributed by atoms with Crippen molar-refractivity contribution in [3.05, 3.63) is 130 Å². The lowest BCUT2D eigenvalue weighted by Gasteiger charge is -2.35.